The Morgan fingerprint density at radius 2 is 1.88 bits per heavy atom. The van der Waals surface area contributed by atoms with Crippen LogP contribution in [0.15, 0.2) is 53.3 Å². The van der Waals surface area contributed by atoms with Gasteiger partial charge in [-0.25, -0.2) is 5.10 Å². The molecule has 0 fully saturated rings. The number of aromatic nitrogens is 2. The minimum Gasteiger partial charge on any atom is -0.454 e. The molecule has 7 heteroatoms. The first-order valence-electron chi connectivity index (χ1n) is 7.54. The molecule has 3 aromatic rings. The van der Waals surface area contributed by atoms with Crippen LogP contribution in [0.2, 0.25) is 5.02 Å². The highest BCUT2D eigenvalue weighted by atomic mass is 35.5. The van der Waals surface area contributed by atoms with Crippen molar-refractivity contribution in [1.82, 2.24) is 10.2 Å². The molecule has 6 nitrogen and oxygen atoms in total. The summed E-state index contributed by atoms with van der Waals surface area (Å²) in [6.07, 6.45) is 0.475. The van der Waals surface area contributed by atoms with E-state index in [1.807, 2.05) is 18.2 Å². The Hall–Kier alpha value is -3.61. The highest BCUT2D eigenvalue weighted by Gasteiger charge is 2.10. The van der Waals surface area contributed by atoms with E-state index in [-0.39, 0.29) is 11.1 Å². The van der Waals surface area contributed by atoms with Gasteiger partial charge in [0.25, 0.3) is 5.56 Å². The Kier molecular flexibility index (Phi) is 4.98. The molecule has 126 valence electrons. The third-order valence-corrected chi connectivity index (χ3v) is 3.88. The summed E-state index contributed by atoms with van der Waals surface area (Å²) in [5, 5.41) is 24.9. The third kappa shape index (κ3) is 3.89. The van der Waals surface area contributed by atoms with Crippen molar-refractivity contribution in [1.29, 1.82) is 10.5 Å². The zero-order valence-electron chi connectivity index (χ0n) is 13.4. The third-order valence-electron chi connectivity index (χ3n) is 3.57. The maximum absolute atomic E-state index is 11.1. The number of halogens is 1. The molecule has 0 aliphatic carbocycles. The number of H-pyrrole nitrogens is 1. The number of nitrogens with one attached hydrogen (secondary N) is 1. The van der Waals surface area contributed by atoms with Gasteiger partial charge in [-0.05, 0) is 42.0 Å². The number of benzene rings is 2. The molecule has 0 amide bonds. The average Bonchev–Trinajstić information content (AvgIpc) is 2.66. The Bertz CT molecular complexity index is 1090. The Morgan fingerprint density at radius 3 is 2.58 bits per heavy atom. The largest absolute Gasteiger partial charge is 0.454 e. The van der Waals surface area contributed by atoms with Crippen LogP contribution >= 0.6 is 11.6 Å². The zero-order chi connectivity index (χ0) is 18.5. The highest BCUT2D eigenvalue weighted by Crippen LogP contribution is 2.32. The predicted molar refractivity (Wildman–Crippen MR) is 95.1 cm³/mol. The van der Waals surface area contributed by atoms with Gasteiger partial charge in [0.1, 0.15) is 17.6 Å². The summed E-state index contributed by atoms with van der Waals surface area (Å²) in [4.78, 5) is 11.1. The van der Waals surface area contributed by atoms with Crippen molar-refractivity contribution in [2.45, 2.75) is 6.42 Å². The normalized spacial score (nSPS) is 9.96. The minimum absolute atomic E-state index is 0.243. The minimum atomic E-state index is -0.265. The first-order valence-corrected chi connectivity index (χ1v) is 7.92. The van der Waals surface area contributed by atoms with Gasteiger partial charge in [-0.2, -0.15) is 15.6 Å². The summed E-state index contributed by atoms with van der Waals surface area (Å²) in [7, 11) is 0. The Labute approximate surface area is 153 Å². The molecule has 1 N–H and O–H groups in total. The van der Waals surface area contributed by atoms with E-state index in [0.717, 1.165) is 5.56 Å². The Morgan fingerprint density at radius 1 is 1.04 bits per heavy atom. The van der Waals surface area contributed by atoms with Crippen LogP contribution in [0.25, 0.3) is 0 Å². The van der Waals surface area contributed by atoms with Crippen LogP contribution in [0.3, 0.4) is 0 Å². The quantitative estimate of drug-likeness (QED) is 0.764. The lowest BCUT2D eigenvalue weighted by Gasteiger charge is -2.11. The van der Waals surface area contributed by atoms with Crippen molar-refractivity contribution < 1.29 is 4.74 Å². The lowest BCUT2D eigenvalue weighted by Crippen LogP contribution is -2.07. The molecule has 2 aromatic carbocycles. The summed E-state index contributed by atoms with van der Waals surface area (Å²) < 4.78 is 5.79. The van der Waals surface area contributed by atoms with Gasteiger partial charge >= 0.3 is 0 Å². The molecule has 1 heterocycles. The number of hydrogen-bond donors (Lipinski definition) is 1. The van der Waals surface area contributed by atoms with Gasteiger partial charge < -0.3 is 4.74 Å². The molecule has 0 bridgehead atoms. The number of hydrogen-bond acceptors (Lipinski definition) is 5. The number of nitriles is 2. The fourth-order valence-electron chi connectivity index (χ4n) is 2.31. The van der Waals surface area contributed by atoms with Crippen molar-refractivity contribution in [2.75, 3.05) is 0 Å². The monoisotopic (exact) mass is 362 g/mol. The van der Waals surface area contributed by atoms with Gasteiger partial charge in [0.05, 0.1) is 27.9 Å². The van der Waals surface area contributed by atoms with Crippen molar-refractivity contribution in [3.8, 4) is 23.6 Å². The van der Waals surface area contributed by atoms with Crippen molar-refractivity contribution in [2.24, 2.45) is 0 Å². The summed E-state index contributed by atoms with van der Waals surface area (Å²) >= 11 is 6.20. The topological polar surface area (TPSA) is 103 Å². The van der Waals surface area contributed by atoms with Gasteiger partial charge in [0.2, 0.25) is 0 Å². The van der Waals surface area contributed by atoms with Crippen LogP contribution in [0.5, 0.6) is 11.5 Å². The van der Waals surface area contributed by atoms with E-state index in [1.165, 1.54) is 12.1 Å². The lowest BCUT2D eigenvalue weighted by molar-refractivity contribution is 0.480. The predicted octanol–water partition coefficient (Wildman–Crippen LogP) is 3.55. The molecule has 0 unspecified atom stereocenters. The molecule has 3 rings (SSSR count). The van der Waals surface area contributed by atoms with Crippen LogP contribution in [0.1, 0.15) is 22.4 Å². The molecule has 0 saturated heterocycles. The first kappa shape index (κ1) is 17.2. The fourth-order valence-corrected chi connectivity index (χ4v) is 2.47. The van der Waals surface area contributed by atoms with Gasteiger partial charge in [0.15, 0.2) is 0 Å². The summed E-state index contributed by atoms with van der Waals surface area (Å²) in [6, 6.07) is 16.9. The molecule has 0 radical (unpaired) electrons. The molecule has 0 aliphatic rings. The van der Waals surface area contributed by atoms with Crippen LogP contribution in [0, 0.1) is 22.7 Å². The number of aromatic amines is 1. The molecule has 0 atom stereocenters. The highest BCUT2D eigenvalue weighted by molar-refractivity contribution is 6.32. The van der Waals surface area contributed by atoms with Crippen LogP contribution in [-0.4, -0.2) is 10.2 Å². The maximum Gasteiger partial charge on any atom is 0.264 e. The summed E-state index contributed by atoms with van der Waals surface area (Å²) in [5.74, 6) is 0.697. The average molecular weight is 363 g/mol. The second kappa shape index (κ2) is 7.52. The number of ether oxygens (including phenoxy) is 1. The fraction of sp³-hybridized carbons (Fsp3) is 0.0526. The van der Waals surface area contributed by atoms with E-state index < -0.39 is 0 Å². The molecular weight excluding hydrogens is 352 g/mol. The standard InChI is InChI=1S/C19H11ClN4O2/c20-16-4-1-12(8-15-3-6-19(25)24-23-15)9-18(16)26-17-5-2-13(10-21)7-14(17)11-22/h1-7,9H,8H2,(H,24,25). The van der Waals surface area contributed by atoms with E-state index >= 15 is 0 Å². The second-order valence-corrected chi connectivity index (χ2v) is 5.80. The summed E-state index contributed by atoms with van der Waals surface area (Å²) in [5.41, 5.74) is 1.91. The van der Waals surface area contributed by atoms with Crippen LogP contribution < -0.4 is 10.3 Å². The van der Waals surface area contributed by atoms with E-state index in [2.05, 4.69) is 10.2 Å². The van der Waals surface area contributed by atoms with Crippen molar-refractivity contribution in [3.05, 3.63) is 86.3 Å². The number of nitrogens with zero attached hydrogens (tertiary/aromatic N) is 3. The van der Waals surface area contributed by atoms with E-state index in [4.69, 9.17) is 21.6 Å². The molecular formula is C19H11ClN4O2. The van der Waals surface area contributed by atoms with Crippen LogP contribution in [-0.2, 0) is 6.42 Å². The lowest BCUT2D eigenvalue weighted by atomic mass is 10.1. The molecule has 1 aromatic heterocycles. The smallest absolute Gasteiger partial charge is 0.264 e. The van der Waals surface area contributed by atoms with E-state index in [1.54, 1.807) is 30.3 Å². The first-order chi connectivity index (χ1) is 12.6. The van der Waals surface area contributed by atoms with Crippen molar-refractivity contribution >= 4 is 11.6 Å². The van der Waals surface area contributed by atoms with Crippen molar-refractivity contribution in [3.63, 3.8) is 0 Å². The van der Waals surface area contributed by atoms with Gasteiger partial charge in [0, 0.05) is 12.5 Å². The molecule has 0 aliphatic heterocycles. The molecule has 0 saturated carbocycles. The van der Waals surface area contributed by atoms with Crippen LogP contribution in [0.4, 0.5) is 0 Å². The summed E-state index contributed by atoms with van der Waals surface area (Å²) in [6.45, 7) is 0. The Balaban J connectivity index is 1.89. The zero-order valence-corrected chi connectivity index (χ0v) is 14.1. The SMILES string of the molecule is N#Cc1ccc(Oc2cc(Cc3ccc(=O)[nH]n3)ccc2Cl)c(C#N)c1. The molecule has 0 spiro atoms. The van der Waals surface area contributed by atoms with E-state index in [9.17, 15) is 10.1 Å². The maximum atomic E-state index is 11.1. The van der Waals surface area contributed by atoms with Gasteiger partial charge in [-0.1, -0.05) is 17.7 Å². The van der Waals surface area contributed by atoms with Gasteiger partial charge in [-0.3, -0.25) is 4.79 Å². The second-order valence-electron chi connectivity index (χ2n) is 5.39. The van der Waals surface area contributed by atoms with E-state index in [0.29, 0.717) is 34.2 Å². The number of rotatable bonds is 4. The van der Waals surface area contributed by atoms with Gasteiger partial charge in [-0.15, -0.1) is 0 Å². The molecule has 26 heavy (non-hydrogen) atoms.